The molecule has 2 aliphatic heterocycles. The molecule has 15 nitrogen and oxygen atoms in total. The van der Waals surface area contributed by atoms with Crippen LogP contribution in [0.1, 0.15) is 219 Å². The summed E-state index contributed by atoms with van der Waals surface area (Å²) >= 11 is 0. The number of ether oxygens (including phenoxy) is 6. The molecule has 0 aromatic rings. The third kappa shape index (κ3) is 29.6. The molecule has 4 unspecified atom stereocenters. The maximum absolute atomic E-state index is 13.0. The highest BCUT2D eigenvalue weighted by Crippen LogP contribution is 2.27. The van der Waals surface area contributed by atoms with Gasteiger partial charge in [0, 0.05) is 12.8 Å². The molecule has 2 heterocycles. The van der Waals surface area contributed by atoms with Gasteiger partial charge in [-0.15, -0.1) is 0 Å². The summed E-state index contributed by atoms with van der Waals surface area (Å²) in [6, 6.07) is 0. The molecular weight excluding hydrogens is 901 g/mol. The van der Waals surface area contributed by atoms with Gasteiger partial charge in [-0.25, -0.2) is 0 Å². The number of aliphatic hydroxyl groups excluding tert-OH is 7. The van der Waals surface area contributed by atoms with E-state index in [9.17, 15) is 45.3 Å². The van der Waals surface area contributed by atoms with Crippen LogP contribution in [0.25, 0.3) is 0 Å². The van der Waals surface area contributed by atoms with Crippen LogP contribution in [0.4, 0.5) is 0 Å². The standard InChI is InChI=1S/C55H100O15/c1-3-5-7-9-11-13-15-17-19-21-23-25-27-29-31-33-35-37-46(57)65-40-43(68-47(58)38-36-34-32-30-28-26-24-22-20-18-16-14-12-10-8-6-4-2)41-66-54-53(64)51(62)49(60)45(70-54)42-67-55-52(63)50(61)48(59)44(39-56)69-55/h13-16,43-45,48-56,59-64H,3-12,17-42H2,1-2H3/b15-13+,16-14+/t43-,44+,45+,48-,49-,50?,51?,52?,53?,54+,55+/m0/s1. The van der Waals surface area contributed by atoms with E-state index < -0.39 is 92.7 Å². The van der Waals surface area contributed by atoms with Gasteiger partial charge in [0.1, 0.15) is 55.4 Å². The van der Waals surface area contributed by atoms with Crippen LogP contribution in [-0.4, -0.2) is 142 Å². The number of carbonyl (C=O) groups is 2. The Kier molecular flexibility index (Phi) is 38.8. The van der Waals surface area contributed by atoms with Crippen molar-refractivity contribution in [1.82, 2.24) is 0 Å². The fourth-order valence-corrected chi connectivity index (χ4v) is 8.80. The lowest BCUT2D eigenvalue weighted by Gasteiger charge is -2.42. The highest BCUT2D eigenvalue weighted by molar-refractivity contribution is 5.70. The Balaban J connectivity index is 1.77. The summed E-state index contributed by atoms with van der Waals surface area (Å²) in [6.45, 7) is 2.59. The lowest BCUT2D eigenvalue weighted by atomic mass is 9.98. The summed E-state index contributed by atoms with van der Waals surface area (Å²) in [5, 5.41) is 72.2. The Morgan fingerprint density at radius 1 is 0.443 bits per heavy atom. The maximum Gasteiger partial charge on any atom is 0.306 e. The van der Waals surface area contributed by atoms with Crippen LogP contribution in [0, 0.1) is 0 Å². The first kappa shape index (κ1) is 64.1. The van der Waals surface area contributed by atoms with E-state index in [2.05, 4.69) is 38.2 Å². The number of unbranched alkanes of at least 4 members (excludes halogenated alkanes) is 26. The van der Waals surface area contributed by atoms with E-state index in [1.165, 1.54) is 135 Å². The Labute approximate surface area is 422 Å². The monoisotopic (exact) mass is 1000 g/mol. The number of allylic oxidation sites excluding steroid dienone is 4. The van der Waals surface area contributed by atoms with Gasteiger partial charge < -0.3 is 64.2 Å². The number of aliphatic hydroxyl groups is 7. The zero-order valence-electron chi connectivity index (χ0n) is 43.5. The first-order valence-corrected chi connectivity index (χ1v) is 27.9. The van der Waals surface area contributed by atoms with Crippen molar-refractivity contribution < 1.29 is 73.8 Å². The molecule has 0 radical (unpaired) electrons. The molecule has 0 aliphatic carbocycles. The van der Waals surface area contributed by atoms with E-state index in [4.69, 9.17) is 28.4 Å². The predicted octanol–water partition coefficient (Wildman–Crippen LogP) is 8.72. The van der Waals surface area contributed by atoms with Gasteiger partial charge in [-0.2, -0.15) is 0 Å². The molecule has 70 heavy (non-hydrogen) atoms. The normalized spacial score (nSPS) is 25.5. The van der Waals surface area contributed by atoms with Gasteiger partial charge >= 0.3 is 11.9 Å². The fourth-order valence-electron chi connectivity index (χ4n) is 8.80. The summed E-state index contributed by atoms with van der Waals surface area (Å²) in [7, 11) is 0. The quantitative estimate of drug-likeness (QED) is 0.0172. The summed E-state index contributed by atoms with van der Waals surface area (Å²) in [4.78, 5) is 25.8. The maximum atomic E-state index is 13.0. The molecule has 15 heteroatoms. The molecule has 0 bridgehead atoms. The lowest BCUT2D eigenvalue weighted by molar-refractivity contribution is -0.332. The number of hydrogen-bond acceptors (Lipinski definition) is 15. The van der Waals surface area contributed by atoms with Crippen LogP contribution in [0.15, 0.2) is 24.3 Å². The average Bonchev–Trinajstić information content (AvgIpc) is 3.35. The van der Waals surface area contributed by atoms with Crippen molar-refractivity contribution in [2.45, 2.75) is 287 Å². The first-order chi connectivity index (χ1) is 34.0. The Hall–Kier alpha value is -2.02. The Bertz CT molecular complexity index is 1310. The second-order valence-electron chi connectivity index (χ2n) is 19.8. The van der Waals surface area contributed by atoms with E-state index >= 15 is 0 Å². The number of rotatable bonds is 44. The molecule has 410 valence electrons. The van der Waals surface area contributed by atoms with E-state index in [0.717, 1.165) is 44.9 Å². The fraction of sp³-hybridized carbons (Fsp3) is 0.891. The summed E-state index contributed by atoms with van der Waals surface area (Å²) in [6.07, 6.45) is 27.6. The molecule has 2 fully saturated rings. The summed E-state index contributed by atoms with van der Waals surface area (Å²) < 4.78 is 33.7. The van der Waals surface area contributed by atoms with Crippen LogP contribution in [0.3, 0.4) is 0 Å². The Morgan fingerprint density at radius 2 is 0.814 bits per heavy atom. The van der Waals surface area contributed by atoms with Crippen molar-refractivity contribution in [1.29, 1.82) is 0 Å². The van der Waals surface area contributed by atoms with Crippen molar-refractivity contribution in [3.63, 3.8) is 0 Å². The van der Waals surface area contributed by atoms with Crippen LogP contribution in [0.5, 0.6) is 0 Å². The average molecular weight is 1000 g/mol. The number of carbonyl (C=O) groups excluding carboxylic acids is 2. The van der Waals surface area contributed by atoms with E-state index in [1.54, 1.807) is 0 Å². The lowest BCUT2D eigenvalue weighted by Crippen LogP contribution is -2.61. The molecule has 0 aromatic heterocycles. The second kappa shape index (κ2) is 42.3. The number of hydrogen-bond donors (Lipinski definition) is 7. The molecular formula is C55H100O15. The smallest absolute Gasteiger partial charge is 0.306 e. The molecule has 0 aromatic carbocycles. The molecule has 2 aliphatic rings. The molecule has 0 spiro atoms. The highest BCUT2D eigenvalue weighted by Gasteiger charge is 2.47. The van der Waals surface area contributed by atoms with Crippen molar-refractivity contribution in [3.05, 3.63) is 24.3 Å². The van der Waals surface area contributed by atoms with Crippen molar-refractivity contribution >= 4 is 11.9 Å². The van der Waals surface area contributed by atoms with Gasteiger partial charge in [0.15, 0.2) is 18.7 Å². The molecule has 0 saturated carbocycles. The predicted molar refractivity (Wildman–Crippen MR) is 271 cm³/mol. The van der Waals surface area contributed by atoms with Crippen LogP contribution >= 0.6 is 0 Å². The zero-order chi connectivity index (χ0) is 51.0. The molecule has 7 N–H and O–H groups in total. The van der Waals surface area contributed by atoms with Gasteiger partial charge in [0.05, 0.1) is 19.8 Å². The largest absolute Gasteiger partial charge is 0.462 e. The van der Waals surface area contributed by atoms with Gasteiger partial charge in [0.25, 0.3) is 0 Å². The van der Waals surface area contributed by atoms with Crippen LogP contribution in [0.2, 0.25) is 0 Å². The summed E-state index contributed by atoms with van der Waals surface area (Å²) in [5.41, 5.74) is 0. The molecule has 2 rings (SSSR count). The first-order valence-electron chi connectivity index (χ1n) is 27.9. The highest BCUT2D eigenvalue weighted by atomic mass is 16.7. The third-order valence-corrected chi connectivity index (χ3v) is 13.4. The minimum atomic E-state index is -1.76. The minimum Gasteiger partial charge on any atom is -0.462 e. The number of esters is 2. The molecule has 0 amide bonds. The van der Waals surface area contributed by atoms with E-state index in [0.29, 0.717) is 12.8 Å². The van der Waals surface area contributed by atoms with Crippen LogP contribution < -0.4 is 0 Å². The molecule has 2 saturated heterocycles. The van der Waals surface area contributed by atoms with Crippen LogP contribution in [-0.2, 0) is 38.0 Å². The van der Waals surface area contributed by atoms with Gasteiger partial charge in [0.2, 0.25) is 0 Å². The SMILES string of the molecule is CCCCCC/C=C/CCCCCCCCCCCC(=O)OC[C@@H](CO[C@@H]1O[C@H](CO[C@@H]2O[C@H](CO)[C@H](O)C(O)C2O)[C@H](O)C(O)C1O)OC(=O)CCCCCCCCCCC/C=C/CCCCCC. The van der Waals surface area contributed by atoms with Crippen molar-refractivity contribution in [2.24, 2.45) is 0 Å². The minimum absolute atomic E-state index is 0.165. The van der Waals surface area contributed by atoms with Crippen molar-refractivity contribution in [2.75, 3.05) is 26.4 Å². The van der Waals surface area contributed by atoms with Gasteiger partial charge in [-0.05, 0) is 64.2 Å². The van der Waals surface area contributed by atoms with E-state index in [-0.39, 0.29) is 26.1 Å². The van der Waals surface area contributed by atoms with Crippen molar-refractivity contribution in [3.8, 4) is 0 Å². The molecule has 11 atom stereocenters. The van der Waals surface area contributed by atoms with Gasteiger partial charge in [-0.3, -0.25) is 9.59 Å². The Morgan fingerprint density at radius 3 is 1.26 bits per heavy atom. The van der Waals surface area contributed by atoms with Gasteiger partial charge in [-0.1, -0.05) is 167 Å². The van der Waals surface area contributed by atoms with E-state index in [1.807, 2.05) is 0 Å². The topological polar surface area (TPSA) is 231 Å². The third-order valence-electron chi connectivity index (χ3n) is 13.4. The zero-order valence-corrected chi connectivity index (χ0v) is 43.5. The summed E-state index contributed by atoms with van der Waals surface area (Å²) in [5.74, 6) is -0.921. The second-order valence-corrected chi connectivity index (χ2v) is 19.8.